The predicted octanol–water partition coefficient (Wildman–Crippen LogP) is 3.96. The molecular weight excluding hydrogens is 324 g/mol. The molecule has 0 spiro atoms. The second kappa shape index (κ2) is 7.01. The molecule has 0 aliphatic heterocycles. The van der Waals surface area contributed by atoms with Crippen LogP contribution >= 0.6 is 11.6 Å². The van der Waals surface area contributed by atoms with E-state index in [0.717, 1.165) is 34.8 Å². The summed E-state index contributed by atoms with van der Waals surface area (Å²) < 4.78 is 1.70. The quantitative estimate of drug-likeness (QED) is 0.763. The Bertz CT molecular complexity index is 871. The summed E-state index contributed by atoms with van der Waals surface area (Å²) in [7, 11) is 0. The van der Waals surface area contributed by atoms with Crippen LogP contribution in [0.25, 0.3) is 5.65 Å². The predicted molar refractivity (Wildman–Crippen MR) is 95.5 cm³/mol. The lowest BCUT2D eigenvalue weighted by atomic mass is 10.1. The highest BCUT2D eigenvalue weighted by Gasteiger charge is 2.08. The van der Waals surface area contributed by atoms with Gasteiger partial charge in [0.25, 0.3) is 0 Å². The lowest BCUT2D eigenvalue weighted by molar-refractivity contribution is -0.116. The number of anilines is 1. The molecule has 0 aliphatic rings. The minimum atomic E-state index is -0.000416. The van der Waals surface area contributed by atoms with Crippen molar-refractivity contribution in [3.63, 3.8) is 0 Å². The smallest absolute Gasteiger partial charge is 0.224 e. The van der Waals surface area contributed by atoms with Gasteiger partial charge in [0.15, 0.2) is 5.65 Å². The van der Waals surface area contributed by atoms with E-state index in [0.29, 0.717) is 12.2 Å². The molecule has 6 heteroatoms. The van der Waals surface area contributed by atoms with Crippen LogP contribution in [-0.2, 0) is 11.2 Å². The Morgan fingerprint density at radius 3 is 2.75 bits per heavy atom. The molecule has 3 rings (SSSR count). The van der Waals surface area contributed by atoms with Crippen molar-refractivity contribution < 1.29 is 4.79 Å². The third-order valence-electron chi connectivity index (χ3n) is 3.79. The molecule has 0 aliphatic carbocycles. The number of nitrogens with zero attached hydrogens (tertiary/aromatic N) is 3. The van der Waals surface area contributed by atoms with Crippen LogP contribution in [0.5, 0.6) is 0 Å². The van der Waals surface area contributed by atoms with E-state index in [1.54, 1.807) is 10.7 Å². The normalized spacial score (nSPS) is 11.0. The Hall–Kier alpha value is -2.40. The number of nitrogens with one attached hydrogen (secondary N) is 1. The van der Waals surface area contributed by atoms with Gasteiger partial charge in [-0.3, -0.25) is 4.79 Å². The van der Waals surface area contributed by atoms with Gasteiger partial charge < -0.3 is 5.32 Å². The average Bonchev–Trinajstić information content (AvgIpc) is 2.90. The Kier molecular flexibility index (Phi) is 4.81. The molecule has 0 fully saturated rings. The van der Waals surface area contributed by atoms with E-state index < -0.39 is 0 Å². The summed E-state index contributed by atoms with van der Waals surface area (Å²) in [5.41, 5.74) is 3.71. The number of hydrogen-bond donors (Lipinski definition) is 1. The molecule has 0 unspecified atom stereocenters. The number of pyridine rings is 1. The molecule has 0 atom stereocenters. The minimum Gasteiger partial charge on any atom is -0.325 e. The first kappa shape index (κ1) is 16.5. The highest BCUT2D eigenvalue weighted by Crippen LogP contribution is 2.16. The van der Waals surface area contributed by atoms with Crippen molar-refractivity contribution in [1.82, 2.24) is 14.6 Å². The molecule has 3 aromatic rings. The van der Waals surface area contributed by atoms with Crippen LogP contribution in [0.1, 0.15) is 29.8 Å². The molecule has 1 aromatic carbocycles. The van der Waals surface area contributed by atoms with Crippen LogP contribution in [0.3, 0.4) is 0 Å². The average molecular weight is 343 g/mol. The zero-order valence-corrected chi connectivity index (χ0v) is 14.5. The van der Waals surface area contributed by atoms with Crippen molar-refractivity contribution in [1.29, 1.82) is 0 Å². The highest BCUT2D eigenvalue weighted by molar-refractivity contribution is 6.30. The van der Waals surface area contributed by atoms with Gasteiger partial charge in [0.1, 0.15) is 5.82 Å². The molecule has 2 aromatic heterocycles. The van der Waals surface area contributed by atoms with Crippen LogP contribution in [-0.4, -0.2) is 20.5 Å². The number of rotatable bonds is 5. The molecule has 1 amide bonds. The van der Waals surface area contributed by atoms with Crippen molar-refractivity contribution in [3.8, 4) is 0 Å². The maximum absolute atomic E-state index is 12.1. The zero-order chi connectivity index (χ0) is 17.1. The Morgan fingerprint density at radius 1 is 1.25 bits per heavy atom. The van der Waals surface area contributed by atoms with Crippen molar-refractivity contribution in [2.45, 2.75) is 33.1 Å². The molecule has 0 bridgehead atoms. The number of fused-ring (bicyclic) bond motifs is 1. The Balaban J connectivity index is 1.57. The van der Waals surface area contributed by atoms with Crippen molar-refractivity contribution in [3.05, 3.63) is 58.5 Å². The monoisotopic (exact) mass is 342 g/mol. The van der Waals surface area contributed by atoms with Crippen LogP contribution < -0.4 is 5.32 Å². The Labute approximate surface area is 145 Å². The van der Waals surface area contributed by atoms with Crippen LogP contribution in [0.15, 0.2) is 36.5 Å². The number of carbonyl (C=O) groups is 1. The fourth-order valence-corrected chi connectivity index (χ4v) is 2.78. The number of aromatic nitrogens is 3. The number of amides is 1. The van der Waals surface area contributed by atoms with Crippen LogP contribution in [0, 0.1) is 13.8 Å². The van der Waals surface area contributed by atoms with Gasteiger partial charge in [0.05, 0.1) is 11.9 Å². The van der Waals surface area contributed by atoms with Crippen molar-refractivity contribution in [2.75, 3.05) is 5.32 Å². The first-order valence-corrected chi connectivity index (χ1v) is 8.27. The zero-order valence-electron chi connectivity index (χ0n) is 13.7. The first-order valence-electron chi connectivity index (χ1n) is 7.89. The van der Waals surface area contributed by atoms with Gasteiger partial charge in [-0.2, -0.15) is 5.10 Å². The van der Waals surface area contributed by atoms with E-state index in [2.05, 4.69) is 15.4 Å². The number of aryl methyl sites for hydroxylation is 3. The molecular formula is C18H19ClN4O. The number of benzene rings is 1. The third-order valence-corrected chi connectivity index (χ3v) is 4.04. The van der Waals surface area contributed by atoms with E-state index in [4.69, 9.17) is 11.6 Å². The Morgan fingerprint density at radius 2 is 2.00 bits per heavy atom. The summed E-state index contributed by atoms with van der Waals surface area (Å²) in [5.74, 6) is 0.712. The van der Waals surface area contributed by atoms with Gasteiger partial charge >= 0.3 is 0 Å². The molecule has 5 nitrogen and oxygen atoms in total. The van der Waals surface area contributed by atoms with Crippen molar-refractivity contribution in [2.24, 2.45) is 0 Å². The van der Waals surface area contributed by atoms with Gasteiger partial charge in [-0.25, -0.2) is 9.50 Å². The van der Waals surface area contributed by atoms with E-state index >= 15 is 0 Å². The summed E-state index contributed by atoms with van der Waals surface area (Å²) in [6.07, 6.45) is 3.90. The van der Waals surface area contributed by atoms with Gasteiger partial charge in [-0.15, -0.1) is 0 Å². The molecule has 0 radical (unpaired) electrons. The maximum atomic E-state index is 12.1. The van der Waals surface area contributed by atoms with E-state index in [9.17, 15) is 4.79 Å². The topological polar surface area (TPSA) is 59.3 Å². The number of carbonyl (C=O) groups excluding carboxylic acids is 1. The van der Waals surface area contributed by atoms with E-state index in [1.807, 2.05) is 44.2 Å². The van der Waals surface area contributed by atoms with E-state index in [-0.39, 0.29) is 5.91 Å². The largest absolute Gasteiger partial charge is 0.325 e. The molecule has 2 heterocycles. The second-order valence-electron chi connectivity index (χ2n) is 5.87. The standard InChI is InChI=1S/C18H19ClN4O/c1-12-10-16(11-23-18(12)20-13(2)22-23)21-17(24)5-3-4-14-6-8-15(19)9-7-14/h6-11H,3-5H2,1-2H3,(H,21,24). The fraction of sp³-hybridized carbons (Fsp3) is 0.278. The molecule has 0 saturated carbocycles. The third kappa shape index (κ3) is 3.92. The summed E-state index contributed by atoms with van der Waals surface area (Å²) in [4.78, 5) is 16.5. The first-order chi connectivity index (χ1) is 11.5. The van der Waals surface area contributed by atoms with E-state index in [1.165, 1.54) is 5.56 Å². The van der Waals surface area contributed by atoms with Gasteiger partial charge in [0, 0.05) is 11.4 Å². The van der Waals surface area contributed by atoms with Crippen LogP contribution in [0.2, 0.25) is 5.02 Å². The summed E-state index contributed by atoms with van der Waals surface area (Å²) >= 11 is 5.87. The molecule has 1 N–H and O–H groups in total. The summed E-state index contributed by atoms with van der Waals surface area (Å²) in [5, 5.41) is 7.95. The minimum absolute atomic E-state index is 0.000416. The summed E-state index contributed by atoms with van der Waals surface area (Å²) in [6, 6.07) is 9.64. The summed E-state index contributed by atoms with van der Waals surface area (Å²) in [6.45, 7) is 3.81. The van der Waals surface area contributed by atoms with Gasteiger partial charge in [0.2, 0.25) is 5.91 Å². The van der Waals surface area contributed by atoms with Gasteiger partial charge in [-0.1, -0.05) is 23.7 Å². The molecule has 24 heavy (non-hydrogen) atoms. The molecule has 124 valence electrons. The highest BCUT2D eigenvalue weighted by atomic mass is 35.5. The number of halogens is 1. The lowest BCUT2D eigenvalue weighted by Crippen LogP contribution is -2.12. The fourth-order valence-electron chi connectivity index (χ4n) is 2.65. The molecule has 0 saturated heterocycles. The number of hydrogen-bond acceptors (Lipinski definition) is 3. The lowest BCUT2D eigenvalue weighted by Gasteiger charge is -2.07. The second-order valence-corrected chi connectivity index (χ2v) is 6.30. The van der Waals surface area contributed by atoms with Crippen LogP contribution in [0.4, 0.5) is 5.69 Å². The van der Waals surface area contributed by atoms with Gasteiger partial charge in [-0.05, 0) is 56.0 Å². The SMILES string of the molecule is Cc1nc2c(C)cc(NC(=O)CCCc3ccc(Cl)cc3)cn2n1. The maximum Gasteiger partial charge on any atom is 0.224 e. The van der Waals surface area contributed by atoms with Crippen molar-refractivity contribution >= 4 is 28.8 Å².